The maximum atomic E-state index is 13.2. The molecule has 1 aliphatic rings. The van der Waals surface area contributed by atoms with Gasteiger partial charge in [-0.05, 0) is 47.9 Å². The van der Waals surface area contributed by atoms with Gasteiger partial charge in [0.1, 0.15) is 0 Å². The Bertz CT molecular complexity index is 1120. The SMILES string of the molecule is C=C1Cc2c(ccc3c2ccc(=O)n3C)N(CC)C(=O)c2ccccc21. The molecule has 4 nitrogen and oxygen atoms in total. The Morgan fingerprint density at radius 3 is 2.46 bits per heavy atom. The molecule has 0 saturated carbocycles. The normalized spacial score (nSPS) is 14.0. The number of hydrogen-bond acceptors (Lipinski definition) is 2. The summed E-state index contributed by atoms with van der Waals surface area (Å²) >= 11 is 0. The van der Waals surface area contributed by atoms with E-state index in [1.807, 2.05) is 54.3 Å². The third-order valence-corrected chi connectivity index (χ3v) is 5.17. The lowest BCUT2D eigenvalue weighted by atomic mass is 9.89. The molecule has 0 aliphatic carbocycles. The highest BCUT2D eigenvalue weighted by Crippen LogP contribution is 2.36. The number of rotatable bonds is 1. The van der Waals surface area contributed by atoms with Crippen molar-refractivity contribution in [2.45, 2.75) is 13.3 Å². The highest BCUT2D eigenvalue weighted by molar-refractivity contribution is 6.11. The molecule has 1 aromatic heterocycles. The van der Waals surface area contributed by atoms with Crippen LogP contribution in [0.2, 0.25) is 0 Å². The molecule has 0 bridgehead atoms. The number of pyridine rings is 1. The van der Waals surface area contributed by atoms with Crippen molar-refractivity contribution in [1.29, 1.82) is 0 Å². The molecule has 0 spiro atoms. The van der Waals surface area contributed by atoms with Crippen molar-refractivity contribution in [3.05, 3.63) is 82.2 Å². The third kappa shape index (κ3) is 2.30. The van der Waals surface area contributed by atoms with Crippen LogP contribution in [-0.2, 0) is 13.5 Å². The molecule has 26 heavy (non-hydrogen) atoms. The molecule has 1 aliphatic heterocycles. The summed E-state index contributed by atoms with van der Waals surface area (Å²) in [6.07, 6.45) is 0.631. The van der Waals surface area contributed by atoms with Crippen molar-refractivity contribution < 1.29 is 4.79 Å². The second kappa shape index (κ2) is 5.99. The number of fused-ring (bicyclic) bond motifs is 4. The molecule has 0 saturated heterocycles. The average Bonchev–Trinajstić information content (AvgIpc) is 2.65. The fourth-order valence-corrected chi connectivity index (χ4v) is 3.80. The fraction of sp³-hybridized carbons (Fsp3) is 0.182. The standard InChI is InChI=1S/C22H20N2O2/c1-4-24-20-11-10-19-16(9-12-21(25)23(19)3)18(20)13-14(2)15-7-5-6-8-17(15)22(24)26/h5-12H,2,4,13H2,1,3H3. The predicted molar refractivity (Wildman–Crippen MR) is 106 cm³/mol. The Labute approximate surface area is 152 Å². The summed E-state index contributed by atoms with van der Waals surface area (Å²) in [5.74, 6) is -0.0191. The van der Waals surface area contributed by atoms with E-state index in [0.717, 1.165) is 33.3 Å². The van der Waals surface area contributed by atoms with Crippen LogP contribution >= 0.6 is 0 Å². The maximum absolute atomic E-state index is 13.2. The van der Waals surface area contributed by atoms with Gasteiger partial charge >= 0.3 is 0 Å². The van der Waals surface area contributed by atoms with Gasteiger partial charge in [0, 0.05) is 42.7 Å². The Kier molecular flexibility index (Phi) is 3.76. The summed E-state index contributed by atoms with van der Waals surface area (Å²) in [6, 6.07) is 14.9. The van der Waals surface area contributed by atoms with Gasteiger partial charge in [0.05, 0.1) is 5.52 Å². The molecule has 2 heterocycles. The van der Waals surface area contributed by atoms with Crippen molar-refractivity contribution in [2.24, 2.45) is 7.05 Å². The highest BCUT2D eigenvalue weighted by atomic mass is 16.2. The van der Waals surface area contributed by atoms with E-state index in [-0.39, 0.29) is 11.5 Å². The Morgan fingerprint density at radius 2 is 1.73 bits per heavy atom. The van der Waals surface area contributed by atoms with Crippen LogP contribution in [0.15, 0.2) is 59.9 Å². The molecule has 3 aromatic rings. The van der Waals surface area contributed by atoms with Crippen molar-refractivity contribution in [2.75, 3.05) is 11.4 Å². The summed E-state index contributed by atoms with van der Waals surface area (Å²) in [7, 11) is 1.77. The van der Waals surface area contributed by atoms with Gasteiger partial charge in [-0.25, -0.2) is 0 Å². The monoisotopic (exact) mass is 344 g/mol. The van der Waals surface area contributed by atoms with Crippen LogP contribution in [0.25, 0.3) is 16.5 Å². The molecule has 130 valence electrons. The molecular weight excluding hydrogens is 324 g/mol. The topological polar surface area (TPSA) is 42.3 Å². The minimum Gasteiger partial charge on any atom is -0.311 e. The van der Waals surface area contributed by atoms with Crippen LogP contribution in [0.4, 0.5) is 5.69 Å². The van der Waals surface area contributed by atoms with Gasteiger partial charge in [-0.1, -0.05) is 24.8 Å². The van der Waals surface area contributed by atoms with Gasteiger partial charge < -0.3 is 9.47 Å². The fourth-order valence-electron chi connectivity index (χ4n) is 3.80. The molecule has 4 rings (SSSR count). The minimum atomic E-state index is -0.0455. The second-order valence-corrected chi connectivity index (χ2v) is 6.60. The molecule has 0 fully saturated rings. The number of amides is 1. The van der Waals surface area contributed by atoms with E-state index < -0.39 is 0 Å². The van der Waals surface area contributed by atoms with Crippen LogP contribution in [0.1, 0.15) is 28.4 Å². The van der Waals surface area contributed by atoms with Crippen molar-refractivity contribution in [3.8, 4) is 0 Å². The number of carbonyl (C=O) groups excluding carboxylic acids is 1. The lowest BCUT2D eigenvalue weighted by molar-refractivity contribution is 0.0987. The smallest absolute Gasteiger partial charge is 0.258 e. The summed E-state index contributed by atoms with van der Waals surface area (Å²) in [5.41, 5.74) is 5.23. The lowest BCUT2D eigenvalue weighted by Gasteiger charge is -2.29. The van der Waals surface area contributed by atoms with Crippen LogP contribution in [0, 0.1) is 0 Å². The average molecular weight is 344 g/mol. The number of aromatic nitrogens is 1. The number of benzene rings is 2. The van der Waals surface area contributed by atoms with Crippen LogP contribution in [-0.4, -0.2) is 17.0 Å². The molecule has 2 aromatic carbocycles. The molecule has 0 radical (unpaired) electrons. The first-order chi connectivity index (χ1) is 12.5. The van der Waals surface area contributed by atoms with E-state index in [2.05, 4.69) is 6.58 Å². The zero-order valence-electron chi connectivity index (χ0n) is 15.0. The van der Waals surface area contributed by atoms with E-state index in [9.17, 15) is 9.59 Å². The zero-order chi connectivity index (χ0) is 18.4. The Morgan fingerprint density at radius 1 is 1.00 bits per heavy atom. The predicted octanol–water partition coefficient (Wildman–Crippen LogP) is 3.77. The first kappa shape index (κ1) is 16.3. The van der Waals surface area contributed by atoms with Crippen LogP contribution < -0.4 is 10.5 Å². The molecular formula is C22H20N2O2. The molecule has 1 amide bonds. The number of aryl methyl sites for hydroxylation is 1. The van der Waals surface area contributed by atoms with Crippen molar-refractivity contribution >= 4 is 28.1 Å². The minimum absolute atomic E-state index is 0.0191. The van der Waals surface area contributed by atoms with E-state index >= 15 is 0 Å². The lowest BCUT2D eigenvalue weighted by Crippen LogP contribution is -2.33. The summed E-state index contributed by atoms with van der Waals surface area (Å²) < 4.78 is 1.64. The summed E-state index contributed by atoms with van der Waals surface area (Å²) in [5, 5.41) is 0.983. The van der Waals surface area contributed by atoms with Gasteiger partial charge in [0.25, 0.3) is 11.5 Å². The first-order valence-electron chi connectivity index (χ1n) is 8.73. The largest absolute Gasteiger partial charge is 0.311 e. The van der Waals surface area contributed by atoms with E-state index in [1.165, 1.54) is 0 Å². The zero-order valence-corrected chi connectivity index (χ0v) is 15.0. The van der Waals surface area contributed by atoms with Gasteiger partial charge in [-0.3, -0.25) is 9.59 Å². The summed E-state index contributed by atoms with van der Waals surface area (Å²) in [6.45, 7) is 6.80. The van der Waals surface area contributed by atoms with Crippen molar-refractivity contribution in [3.63, 3.8) is 0 Å². The van der Waals surface area contributed by atoms with E-state index in [0.29, 0.717) is 18.5 Å². The van der Waals surface area contributed by atoms with E-state index in [1.54, 1.807) is 17.7 Å². The van der Waals surface area contributed by atoms with Gasteiger partial charge in [-0.15, -0.1) is 0 Å². The van der Waals surface area contributed by atoms with Crippen molar-refractivity contribution in [1.82, 2.24) is 4.57 Å². The molecule has 0 atom stereocenters. The summed E-state index contributed by atoms with van der Waals surface area (Å²) in [4.78, 5) is 27.0. The number of nitrogens with zero attached hydrogens (tertiary/aromatic N) is 2. The highest BCUT2D eigenvalue weighted by Gasteiger charge is 2.26. The molecule has 4 heteroatoms. The van der Waals surface area contributed by atoms with Crippen LogP contribution in [0.5, 0.6) is 0 Å². The van der Waals surface area contributed by atoms with Gasteiger partial charge in [-0.2, -0.15) is 0 Å². The Hall–Kier alpha value is -3.14. The number of anilines is 1. The van der Waals surface area contributed by atoms with Crippen LogP contribution in [0.3, 0.4) is 0 Å². The molecule has 0 N–H and O–H groups in total. The second-order valence-electron chi connectivity index (χ2n) is 6.60. The van der Waals surface area contributed by atoms with Gasteiger partial charge in [0.15, 0.2) is 0 Å². The Balaban J connectivity index is 2.05. The van der Waals surface area contributed by atoms with E-state index in [4.69, 9.17) is 0 Å². The number of allylic oxidation sites excluding steroid dienone is 1. The molecule has 0 unspecified atom stereocenters. The van der Waals surface area contributed by atoms with Gasteiger partial charge in [0.2, 0.25) is 0 Å². The number of carbonyl (C=O) groups is 1. The number of hydrogen-bond donors (Lipinski definition) is 0. The third-order valence-electron chi connectivity index (χ3n) is 5.17. The first-order valence-corrected chi connectivity index (χ1v) is 8.73. The maximum Gasteiger partial charge on any atom is 0.258 e. The quantitative estimate of drug-likeness (QED) is 0.674.